The SMILES string of the molecule is CO[C@@H](C(=O)N(CCN1CCCC1)C[C@H]1CC=CCC1)c1ccccc1. The first kappa shape index (κ1) is 19.1. The highest BCUT2D eigenvalue weighted by molar-refractivity contribution is 5.82. The summed E-state index contributed by atoms with van der Waals surface area (Å²) in [5.74, 6) is 0.670. The molecular formula is C22H32N2O2. The van der Waals surface area contributed by atoms with Crippen LogP contribution in [0, 0.1) is 5.92 Å². The minimum atomic E-state index is -0.506. The molecule has 4 nitrogen and oxygen atoms in total. The zero-order valence-corrected chi connectivity index (χ0v) is 16.0. The van der Waals surface area contributed by atoms with Crippen molar-refractivity contribution in [3.63, 3.8) is 0 Å². The Labute approximate surface area is 157 Å². The number of likely N-dealkylation sites (tertiary alicyclic amines) is 1. The van der Waals surface area contributed by atoms with Crippen LogP contribution in [-0.2, 0) is 9.53 Å². The summed E-state index contributed by atoms with van der Waals surface area (Å²) in [5, 5.41) is 0. The third-order valence-corrected chi connectivity index (χ3v) is 5.62. The molecule has 1 saturated heterocycles. The predicted octanol–water partition coefficient (Wildman–Crippen LogP) is 3.65. The minimum Gasteiger partial charge on any atom is -0.367 e. The Morgan fingerprint density at radius 2 is 2.00 bits per heavy atom. The molecule has 26 heavy (non-hydrogen) atoms. The van der Waals surface area contributed by atoms with Gasteiger partial charge in [0.1, 0.15) is 0 Å². The van der Waals surface area contributed by atoms with Gasteiger partial charge in [-0.25, -0.2) is 0 Å². The number of rotatable bonds is 8. The average Bonchev–Trinajstić information content (AvgIpc) is 3.21. The third-order valence-electron chi connectivity index (χ3n) is 5.62. The smallest absolute Gasteiger partial charge is 0.256 e. The Morgan fingerprint density at radius 1 is 1.23 bits per heavy atom. The van der Waals surface area contributed by atoms with E-state index in [-0.39, 0.29) is 5.91 Å². The van der Waals surface area contributed by atoms with E-state index < -0.39 is 6.10 Å². The molecule has 1 aliphatic carbocycles. The second-order valence-corrected chi connectivity index (χ2v) is 7.51. The molecule has 0 saturated carbocycles. The highest BCUT2D eigenvalue weighted by Crippen LogP contribution is 2.24. The third kappa shape index (κ3) is 5.18. The molecule has 142 valence electrons. The van der Waals surface area contributed by atoms with E-state index in [1.54, 1.807) is 7.11 Å². The zero-order chi connectivity index (χ0) is 18.2. The second-order valence-electron chi connectivity index (χ2n) is 7.51. The normalized spacial score (nSPS) is 21.7. The number of methoxy groups -OCH3 is 1. The first-order valence-electron chi connectivity index (χ1n) is 10.0. The molecule has 0 bridgehead atoms. The van der Waals surface area contributed by atoms with Gasteiger partial charge in [-0.05, 0) is 56.7 Å². The lowest BCUT2D eigenvalue weighted by Gasteiger charge is -2.32. The van der Waals surface area contributed by atoms with E-state index >= 15 is 0 Å². The van der Waals surface area contributed by atoms with Crippen LogP contribution in [0.15, 0.2) is 42.5 Å². The van der Waals surface area contributed by atoms with E-state index in [0.29, 0.717) is 5.92 Å². The van der Waals surface area contributed by atoms with Crippen molar-refractivity contribution in [2.45, 2.75) is 38.2 Å². The van der Waals surface area contributed by atoms with Crippen molar-refractivity contribution in [3.05, 3.63) is 48.0 Å². The quantitative estimate of drug-likeness (QED) is 0.667. The monoisotopic (exact) mass is 356 g/mol. The molecule has 3 rings (SSSR count). The van der Waals surface area contributed by atoms with Gasteiger partial charge in [-0.3, -0.25) is 4.79 Å². The average molecular weight is 357 g/mol. The van der Waals surface area contributed by atoms with Crippen molar-refractivity contribution in [1.29, 1.82) is 0 Å². The summed E-state index contributed by atoms with van der Waals surface area (Å²) >= 11 is 0. The molecule has 2 atom stereocenters. The number of nitrogens with zero attached hydrogens (tertiary/aromatic N) is 2. The number of allylic oxidation sites excluding steroid dienone is 2. The lowest BCUT2D eigenvalue weighted by molar-refractivity contribution is -0.143. The van der Waals surface area contributed by atoms with E-state index in [1.165, 1.54) is 32.4 Å². The van der Waals surface area contributed by atoms with Gasteiger partial charge in [-0.1, -0.05) is 42.5 Å². The summed E-state index contributed by atoms with van der Waals surface area (Å²) in [6, 6.07) is 9.87. The van der Waals surface area contributed by atoms with E-state index in [2.05, 4.69) is 22.0 Å². The van der Waals surface area contributed by atoms with Gasteiger partial charge >= 0.3 is 0 Å². The van der Waals surface area contributed by atoms with Gasteiger partial charge in [0, 0.05) is 26.7 Å². The van der Waals surface area contributed by atoms with Crippen molar-refractivity contribution in [2.75, 3.05) is 39.8 Å². The number of amides is 1. The van der Waals surface area contributed by atoms with Crippen molar-refractivity contribution >= 4 is 5.91 Å². The Balaban J connectivity index is 1.68. The summed E-state index contributed by atoms with van der Waals surface area (Å²) in [6.45, 7) is 4.94. The largest absolute Gasteiger partial charge is 0.367 e. The van der Waals surface area contributed by atoms with Crippen molar-refractivity contribution in [2.24, 2.45) is 5.92 Å². The van der Waals surface area contributed by atoms with Crippen LogP contribution in [-0.4, -0.2) is 55.5 Å². The van der Waals surface area contributed by atoms with Crippen LogP contribution in [0.2, 0.25) is 0 Å². The highest BCUT2D eigenvalue weighted by atomic mass is 16.5. The number of carbonyl (C=O) groups excluding carboxylic acids is 1. The topological polar surface area (TPSA) is 32.8 Å². The summed E-state index contributed by atoms with van der Waals surface area (Å²) in [7, 11) is 1.64. The zero-order valence-electron chi connectivity index (χ0n) is 16.0. The van der Waals surface area contributed by atoms with Crippen molar-refractivity contribution < 1.29 is 9.53 Å². The van der Waals surface area contributed by atoms with Crippen LogP contribution in [0.1, 0.15) is 43.8 Å². The molecular weight excluding hydrogens is 324 g/mol. The molecule has 0 spiro atoms. The fourth-order valence-corrected chi connectivity index (χ4v) is 4.07. The van der Waals surface area contributed by atoms with Crippen LogP contribution in [0.3, 0.4) is 0 Å². The van der Waals surface area contributed by atoms with Crippen LogP contribution in [0.5, 0.6) is 0 Å². The number of hydrogen-bond donors (Lipinski definition) is 0. The molecule has 1 aromatic rings. The molecule has 0 N–H and O–H groups in total. The molecule has 2 aliphatic rings. The van der Waals surface area contributed by atoms with E-state index in [0.717, 1.165) is 38.0 Å². The molecule has 1 heterocycles. The molecule has 1 aliphatic heterocycles. The highest BCUT2D eigenvalue weighted by Gasteiger charge is 2.28. The molecule has 4 heteroatoms. The summed E-state index contributed by atoms with van der Waals surface area (Å²) < 4.78 is 5.62. The molecule has 1 amide bonds. The van der Waals surface area contributed by atoms with Crippen LogP contribution in [0.25, 0.3) is 0 Å². The second kappa shape index (κ2) is 9.89. The van der Waals surface area contributed by atoms with Crippen molar-refractivity contribution in [3.8, 4) is 0 Å². The van der Waals surface area contributed by atoms with Gasteiger partial charge < -0.3 is 14.5 Å². The molecule has 0 aromatic heterocycles. The first-order chi connectivity index (χ1) is 12.8. The maximum atomic E-state index is 13.3. The van der Waals surface area contributed by atoms with Gasteiger partial charge in [0.15, 0.2) is 6.10 Å². The molecule has 1 aromatic carbocycles. The van der Waals surface area contributed by atoms with E-state index in [4.69, 9.17) is 4.74 Å². The Bertz CT molecular complexity index is 581. The number of benzene rings is 1. The number of hydrogen-bond acceptors (Lipinski definition) is 3. The van der Waals surface area contributed by atoms with Crippen LogP contribution < -0.4 is 0 Å². The maximum absolute atomic E-state index is 13.3. The lowest BCUT2D eigenvalue weighted by Crippen LogP contribution is -2.43. The van der Waals surface area contributed by atoms with Crippen molar-refractivity contribution in [1.82, 2.24) is 9.80 Å². The predicted molar refractivity (Wildman–Crippen MR) is 105 cm³/mol. The molecule has 1 fully saturated rings. The van der Waals surface area contributed by atoms with Gasteiger partial charge in [0.05, 0.1) is 0 Å². The first-order valence-corrected chi connectivity index (χ1v) is 10.0. The molecule has 0 radical (unpaired) electrons. The number of carbonyl (C=O) groups is 1. The lowest BCUT2D eigenvalue weighted by atomic mass is 9.93. The summed E-state index contributed by atoms with van der Waals surface area (Å²) in [4.78, 5) is 17.9. The fourth-order valence-electron chi connectivity index (χ4n) is 4.07. The Hall–Kier alpha value is -1.65. The number of ether oxygens (including phenoxy) is 1. The van der Waals surface area contributed by atoms with Crippen LogP contribution >= 0.6 is 0 Å². The van der Waals surface area contributed by atoms with Crippen LogP contribution in [0.4, 0.5) is 0 Å². The Morgan fingerprint density at radius 3 is 2.65 bits per heavy atom. The van der Waals surface area contributed by atoms with E-state index in [1.807, 2.05) is 30.3 Å². The van der Waals surface area contributed by atoms with Gasteiger partial charge in [-0.15, -0.1) is 0 Å². The maximum Gasteiger partial charge on any atom is 0.256 e. The van der Waals surface area contributed by atoms with Gasteiger partial charge in [0.2, 0.25) is 0 Å². The van der Waals surface area contributed by atoms with E-state index in [9.17, 15) is 4.79 Å². The molecule has 0 unspecified atom stereocenters. The summed E-state index contributed by atoms with van der Waals surface area (Å²) in [6.07, 6.45) is 9.97. The van der Waals surface area contributed by atoms with Gasteiger partial charge in [-0.2, -0.15) is 0 Å². The summed E-state index contributed by atoms with van der Waals surface area (Å²) in [5.41, 5.74) is 0.940. The minimum absolute atomic E-state index is 0.104. The van der Waals surface area contributed by atoms with Gasteiger partial charge in [0.25, 0.3) is 5.91 Å². The standard InChI is InChI=1S/C22H32N2O2/c1-26-21(20-12-6-3-7-13-20)22(25)24(17-16-23-14-8-9-15-23)18-19-10-4-2-5-11-19/h2-4,6-7,12-13,19,21H,5,8-11,14-18H2,1H3/t19-,21+/m0/s1. The Kier molecular flexibility index (Phi) is 7.27. The fraction of sp³-hybridized carbons (Fsp3) is 0.591.